The first-order valence-corrected chi connectivity index (χ1v) is 13.6. The first-order chi connectivity index (χ1) is 18.5. The maximum Gasteiger partial charge on any atom is 0.0960 e. The highest BCUT2D eigenvalue weighted by Crippen LogP contribution is 2.39. The number of benzene rings is 2. The minimum Gasteiger partial charge on any atom is -0.393 e. The molecule has 38 heavy (non-hydrogen) atoms. The van der Waals surface area contributed by atoms with Gasteiger partial charge in [-0.2, -0.15) is 0 Å². The Morgan fingerprint density at radius 2 is 1.84 bits per heavy atom. The minimum absolute atomic E-state index is 0.143. The molecule has 1 fully saturated rings. The number of pyridine rings is 1. The van der Waals surface area contributed by atoms with Crippen molar-refractivity contribution >= 4 is 21.9 Å². The third kappa shape index (κ3) is 4.61. The lowest BCUT2D eigenvalue weighted by atomic mass is 9.89. The lowest BCUT2D eigenvalue weighted by Crippen LogP contribution is -2.21. The summed E-state index contributed by atoms with van der Waals surface area (Å²) in [5, 5.41) is 19.8. The molecule has 4 heterocycles. The van der Waals surface area contributed by atoms with Crippen molar-refractivity contribution in [2.75, 3.05) is 13.2 Å². The normalized spacial score (nSPS) is 16.3. The van der Waals surface area contributed by atoms with Gasteiger partial charge in [0.05, 0.1) is 40.1 Å². The van der Waals surface area contributed by atoms with Gasteiger partial charge in [0.1, 0.15) is 0 Å². The van der Waals surface area contributed by atoms with Crippen molar-refractivity contribution in [1.82, 2.24) is 24.5 Å². The van der Waals surface area contributed by atoms with Crippen LogP contribution in [0.25, 0.3) is 33.2 Å². The summed E-state index contributed by atoms with van der Waals surface area (Å²) in [6.07, 6.45) is 5.35. The Hall–Kier alpha value is -3.55. The molecule has 2 aromatic carbocycles. The lowest BCUT2D eigenvalue weighted by molar-refractivity contribution is 0.0610. The average molecular weight is 510 g/mol. The van der Waals surface area contributed by atoms with Crippen molar-refractivity contribution in [3.05, 3.63) is 77.6 Å². The van der Waals surface area contributed by atoms with Crippen LogP contribution < -0.4 is 0 Å². The zero-order valence-corrected chi connectivity index (χ0v) is 22.3. The van der Waals surface area contributed by atoms with Crippen LogP contribution in [0.1, 0.15) is 49.0 Å². The van der Waals surface area contributed by atoms with Crippen LogP contribution in [-0.2, 0) is 18.2 Å². The van der Waals surface area contributed by atoms with E-state index in [1.165, 1.54) is 5.56 Å². The Kier molecular flexibility index (Phi) is 6.72. The van der Waals surface area contributed by atoms with Gasteiger partial charge in [0.25, 0.3) is 0 Å². The summed E-state index contributed by atoms with van der Waals surface area (Å²) in [7, 11) is 1.93. The predicted octanol–water partition coefficient (Wildman–Crippen LogP) is 5.62. The van der Waals surface area contributed by atoms with E-state index in [9.17, 15) is 5.11 Å². The van der Waals surface area contributed by atoms with Crippen LogP contribution in [0.5, 0.6) is 0 Å². The number of aliphatic hydroxyl groups is 1. The standard InChI is InChI=1S/C31H35N5O2/c1-20(37)15-23-9-10-26-28(17-23)36(27(24-7-5-4-6-8-24)16-22-11-13-38-14-12-22)29-18-25(19-32-30(26)29)31-21(2)33-34-35(31)3/h4-10,17-20,22,27,37H,11-16H2,1-3H3. The molecular formula is C31H35N5O2. The van der Waals surface area contributed by atoms with Gasteiger partial charge in [-0.05, 0) is 68.7 Å². The fraction of sp³-hybridized carbons (Fsp3) is 0.387. The Balaban J connectivity index is 1.61. The lowest BCUT2D eigenvalue weighted by Gasteiger charge is -2.29. The van der Waals surface area contributed by atoms with Crippen LogP contribution in [0.3, 0.4) is 0 Å². The molecule has 0 aliphatic carbocycles. The highest BCUT2D eigenvalue weighted by molar-refractivity contribution is 6.07. The number of ether oxygens (including phenoxy) is 1. The van der Waals surface area contributed by atoms with Crippen molar-refractivity contribution in [1.29, 1.82) is 0 Å². The molecule has 0 radical (unpaired) electrons. The summed E-state index contributed by atoms with van der Waals surface area (Å²) in [5.74, 6) is 0.585. The van der Waals surface area contributed by atoms with Gasteiger partial charge in [-0.3, -0.25) is 4.98 Å². The SMILES string of the molecule is Cc1nnn(C)c1-c1cnc2c3ccc(CC(C)O)cc3n(C(CC3CCOCC3)c3ccccc3)c2c1. The monoisotopic (exact) mass is 509 g/mol. The Morgan fingerprint density at radius 1 is 1.05 bits per heavy atom. The first-order valence-electron chi connectivity index (χ1n) is 13.6. The van der Waals surface area contributed by atoms with Gasteiger partial charge in [-0.25, -0.2) is 4.68 Å². The molecule has 3 aromatic heterocycles. The van der Waals surface area contributed by atoms with Gasteiger partial charge in [0, 0.05) is 37.4 Å². The van der Waals surface area contributed by atoms with Crippen LogP contribution in [0.4, 0.5) is 0 Å². The molecule has 1 aliphatic rings. The van der Waals surface area contributed by atoms with Gasteiger partial charge >= 0.3 is 0 Å². The van der Waals surface area contributed by atoms with Gasteiger partial charge in [-0.15, -0.1) is 5.10 Å². The Labute approximate surface area is 223 Å². The van der Waals surface area contributed by atoms with Crippen molar-refractivity contribution < 1.29 is 9.84 Å². The summed E-state index contributed by atoms with van der Waals surface area (Å²) in [5.41, 5.74) is 8.55. The maximum absolute atomic E-state index is 10.1. The summed E-state index contributed by atoms with van der Waals surface area (Å²) in [6.45, 7) is 5.49. The maximum atomic E-state index is 10.1. The Morgan fingerprint density at radius 3 is 2.55 bits per heavy atom. The van der Waals surface area contributed by atoms with Crippen molar-refractivity contribution in [2.24, 2.45) is 13.0 Å². The molecule has 2 unspecified atom stereocenters. The number of nitrogens with zero attached hydrogens (tertiary/aromatic N) is 5. The van der Waals surface area contributed by atoms with Crippen LogP contribution in [0.2, 0.25) is 0 Å². The number of rotatable bonds is 7. The molecule has 2 atom stereocenters. The molecular weight excluding hydrogens is 474 g/mol. The zero-order chi connectivity index (χ0) is 26.2. The quantitative estimate of drug-likeness (QED) is 0.308. The van der Waals surface area contributed by atoms with Gasteiger partial charge in [0.15, 0.2) is 0 Å². The largest absolute Gasteiger partial charge is 0.393 e. The van der Waals surface area contributed by atoms with Gasteiger partial charge in [-0.1, -0.05) is 47.7 Å². The number of aryl methyl sites for hydroxylation is 2. The van der Waals surface area contributed by atoms with E-state index in [1.54, 1.807) is 0 Å². The molecule has 1 aliphatic heterocycles. The van der Waals surface area contributed by atoms with Crippen LogP contribution >= 0.6 is 0 Å². The van der Waals surface area contributed by atoms with E-state index >= 15 is 0 Å². The number of hydrogen-bond donors (Lipinski definition) is 1. The second-order valence-corrected chi connectivity index (χ2v) is 10.7. The third-order valence-corrected chi connectivity index (χ3v) is 7.90. The molecule has 7 nitrogen and oxygen atoms in total. The van der Waals surface area contributed by atoms with E-state index in [0.29, 0.717) is 12.3 Å². The smallest absolute Gasteiger partial charge is 0.0960 e. The topological polar surface area (TPSA) is 78.0 Å². The van der Waals surface area contributed by atoms with Crippen LogP contribution in [-0.4, -0.2) is 49.0 Å². The molecule has 0 bridgehead atoms. The van der Waals surface area contributed by atoms with Crippen molar-refractivity contribution in [3.63, 3.8) is 0 Å². The molecule has 5 aromatic rings. The molecule has 0 amide bonds. The molecule has 7 heteroatoms. The molecule has 0 spiro atoms. The van der Waals surface area contributed by atoms with Gasteiger partial charge < -0.3 is 14.4 Å². The first kappa shape index (κ1) is 24.8. The molecule has 1 N–H and O–H groups in total. The number of hydrogen-bond acceptors (Lipinski definition) is 5. The van der Waals surface area contributed by atoms with E-state index < -0.39 is 6.10 Å². The van der Waals surface area contributed by atoms with E-state index in [0.717, 1.165) is 76.9 Å². The minimum atomic E-state index is -0.400. The fourth-order valence-electron chi connectivity index (χ4n) is 6.10. The van der Waals surface area contributed by atoms with E-state index in [1.807, 2.05) is 31.8 Å². The third-order valence-electron chi connectivity index (χ3n) is 7.90. The highest BCUT2D eigenvalue weighted by Gasteiger charge is 2.26. The van der Waals surface area contributed by atoms with E-state index in [4.69, 9.17) is 9.72 Å². The van der Waals surface area contributed by atoms with Crippen LogP contribution in [0, 0.1) is 12.8 Å². The second kappa shape index (κ2) is 10.3. The molecule has 6 rings (SSSR count). The van der Waals surface area contributed by atoms with Gasteiger partial charge in [0.2, 0.25) is 0 Å². The average Bonchev–Trinajstić information content (AvgIpc) is 3.43. The Bertz CT molecular complexity index is 1540. The summed E-state index contributed by atoms with van der Waals surface area (Å²) in [6, 6.07) is 19.8. The highest BCUT2D eigenvalue weighted by atomic mass is 16.5. The number of aromatic nitrogens is 5. The predicted molar refractivity (Wildman–Crippen MR) is 150 cm³/mol. The molecule has 1 saturated heterocycles. The second-order valence-electron chi connectivity index (χ2n) is 10.7. The van der Waals surface area contributed by atoms with Crippen LogP contribution in [0.15, 0.2) is 60.8 Å². The summed E-state index contributed by atoms with van der Waals surface area (Å²) >= 11 is 0. The number of aliphatic hydroxyl groups excluding tert-OH is 1. The molecule has 196 valence electrons. The van der Waals surface area contributed by atoms with E-state index in [-0.39, 0.29) is 6.04 Å². The van der Waals surface area contributed by atoms with Crippen molar-refractivity contribution in [3.8, 4) is 11.3 Å². The van der Waals surface area contributed by atoms with Crippen molar-refractivity contribution in [2.45, 2.75) is 51.7 Å². The fourth-order valence-corrected chi connectivity index (χ4v) is 6.10. The molecule has 0 saturated carbocycles. The van der Waals surface area contributed by atoms with E-state index in [2.05, 4.69) is 69.5 Å². The number of fused-ring (bicyclic) bond motifs is 3. The summed E-state index contributed by atoms with van der Waals surface area (Å²) < 4.78 is 10.0. The zero-order valence-electron chi connectivity index (χ0n) is 22.3. The summed E-state index contributed by atoms with van der Waals surface area (Å²) in [4.78, 5) is 5.02.